The minimum absolute atomic E-state index is 0.118. The molecule has 2 N–H and O–H groups in total. The zero-order chi connectivity index (χ0) is 12.0. The van der Waals surface area contributed by atoms with Crippen molar-refractivity contribution in [2.45, 2.75) is 51.8 Å². The number of methoxy groups -OCH3 is 1. The summed E-state index contributed by atoms with van der Waals surface area (Å²) in [5.74, 6) is 1.08. The highest BCUT2D eigenvalue weighted by molar-refractivity contribution is 4.95. The van der Waals surface area contributed by atoms with E-state index in [0.717, 1.165) is 31.6 Å². The van der Waals surface area contributed by atoms with Gasteiger partial charge in [-0.1, -0.05) is 6.92 Å². The molecule has 0 aromatic carbocycles. The Labute approximate surface area is 97.8 Å². The lowest BCUT2D eigenvalue weighted by Gasteiger charge is -2.16. The topological polar surface area (TPSA) is 53.1 Å². The van der Waals surface area contributed by atoms with Crippen LogP contribution in [0.15, 0.2) is 12.4 Å². The van der Waals surface area contributed by atoms with Gasteiger partial charge in [0.15, 0.2) is 0 Å². The largest absolute Gasteiger partial charge is 0.382 e. The van der Waals surface area contributed by atoms with Gasteiger partial charge in [-0.15, -0.1) is 0 Å². The van der Waals surface area contributed by atoms with Crippen molar-refractivity contribution >= 4 is 0 Å². The summed E-state index contributed by atoms with van der Waals surface area (Å²) in [6.07, 6.45) is 6.89. The molecule has 0 spiro atoms. The Morgan fingerprint density at radius 3 is 2.94 bits per heavy atom. The van der Waals surface area contributed by atoms with E-state index in [0.29, 0.717) is 0 Å². The van der Waals surface area contributed by atoms with Gasteiger partial charge >= 0.3 is 0 Å². The van der Waals surface area contributed by atoms with Crippen LogP contribution in [0.4, 0.5) is 0 Å². The smallest absolute Gasteiger partial charge is 0.110 e. The molecule has 0 saturated carbocycles. The SMILES string of the molecule is CCCn1ccnc1CC(N)CC(C)OC. The number of hydrogen-bond acceptors (Lipinski definition) is 3. The molecule has 4 heteroatoms. The predicted molar refractivity (Wildman–Crippen MR) is 65.3 cm³/mol. The fourth-order valence-corrected chi connectivity index (χ4v) is 1.81. The molecule has 2 unspecified atom stereocenters. The molecular weight excluding hydrogens is 202 g/mol. The fourth-order valence-electron chi connectivity index (χ4n) is 1.81. The molecule has 2 atom stereocenters. The molecule has 0 aliphatic carbocycles. The van der Waals surface area contributed by atoms with Gasteiger partial charge in [0.05, 0.1) is 6.10 Å². The average molecular weight is 225 g/mol. The first-order valence-electron chi connectivity index (χ1n) is 5.95. The van der Waals surface area contributed by atoms with E-state index in [-0.39, 0.29) is 12.1 Å². The maximum absolute atomic E-state index is 6.07. The van der Waals surface area contributed by atoms with Crippen molar-refractivity contribution in [3.05, 3.63) is 18.2 Å². The molecule has 92 valence electrons. The number of imidazole rings is 1. The summed E-state index contributed by atoms with van der Waals surface area (Å²) in [7, 11) is 1.72. The molecule has 1 aromatic heterocycles. The van der Waals surface area contributed by atoms with Gasteiger partial charge in [-0.25, -0.2) is 4.98 Å². The van der Waals surface area contributed by atoms with E-state index in [1.54, 1.807) is 7.11 Å². The molecule has 1 rings (SSSR count). The molecule has 0 fully saturated rings. The molecule has 0 amide bonds. The highest BCUT2D eigenvalue weighted by Crippen LogP contribution is 2.07. The van der Waals surface area contributed by atoms with Crippen molar-refractivity contribution in [2.24, 2.45) is 5.73 Å². The molecule has 0 aliphatic rings. The van der Waals surface area contributed by atoms with Crippen LogP contribution in [0, 0.1) is 0 Å². The zero-order valence-electron chi connectivity index (χ0n) is 10.5. The lowest BCUT2D eigenvalue weighted by molar-refractivity contribution is 0.104. The standard InChI is InChI=1S/C12H23N3O/c1-4-6-15-7-5-14-12(15)9-11(13)8-10(2)16-3/h5,7,10-11H,4,6,8-9,13H2,1-3H3. The summed E-state index contributed by atoms with van der Waals surface area (Å²) in [5.41, 5.74) is 6.07. The van der Waals surface area contributed by atoms with Gasteiger partial charge in [0.25, 0.3) is 0 Å². The van der Waals surface area contributed by atoms with E-state index < -0.39 is 0 Å². The highest BCUT2D eigenvalue weighted by Gasteiger charge is 2.12. The van der Waals surface area contributed by atoms with Crippen molar-refractivity contribution in [2.75, 3.05) is 7.11 Å². The Morgan fingerprint density at radius 2 is 2.31 bits per heavy atom. The summed E-state index contributed by atoms with van der Waals surface area (Å²) in [5, 5.41) is 0. The number of hydrogen-bond donors (Lipinski definition) is 1. The number of rotatable bonds is 7. The molecule has 0 aliphatic heterocycles. The van der Waals surface area contributed by atoms with Gasteiger partial charge in [0.1, 0.15) is 5.82 Å². The molecule has 1 heterocycles. The van der Waals surface area contributed by atoms with E-state index >= 15 is 0 Å². The maximum atomic E-state index is 6.07. The third kappa shape index (κ3) is 3.94. The van der Waals surface area contributed by atoms with Crippen LogP contribution in [0.5, 0.6) is 0 Å². The molecule has 16 heavy (non-hydrogen) atoms. The van der Waals surface area contributed by atoms with Crippen LogP contribution in [0.3, 0.4) is 0 Å². The van der Waals surface area contributed by atoms with Crippen molar-refractivity contribution in [3.8, 4) is 0 Å². The van der Waals surface area contributed by atoms with Gasteiger partial charge < -0.3 is 15.0 Å². The first-order valence-corrected chi connectivity index (χ1v) is 5.95. The number of ether oxygens (including phenoxy) is 1. The average Bonchev–Trinajstić information content (AvgIpc) is 2.66. The summed E-state index contributed by atoms with van der Waals surface area (Å²) in [6.45, 7) is 5.22. The van der Waals surface area contributed by atoms with Crippen LogP contribution in [-0.2, 0) is 17.7 Å². The van der Waals surface area contributed by atoms with Crippen LogP contribution in [0.2, 0.25) is 0 Å². The number of nitrogens with two attached hydrogens (primary N) is 1. The third-order valence-corrected chi connectivity index (χ3v) is 2.75. The molecular formula is C12H23N3O. The first-order chi connectivity index (χ1) is 7.67. The number of aryl methyl sites for hydroxylation is 1. The van der Waals surface area contributed by atoms with Gasteiger partial charge in [-0.2, -0.15) is 0 Å². The molecule has 4 nitrogen and oxygen atoms in total. The molecule has 1 aromatic rings. The van der Waals surface area contributed by atoms with Gasteiger partial charge in [0, 0.05) is 38.5 Å². The third-order valence-electron chi connectivity index (χ3n) is 2.75. The van der Waals surface area contributed by atoms with Crippen molar-refractivity contribution < 1.29 is 4.74 Å². The highest BCUT2D eigenvalue weighted by atomic mass is 16.5. The van der Waals surface area contributed by atoms with Crippen LogP contribution < -0.4 is 5.73 Å². The van der Waals surface area contributed by atoms with E-state index in [1.807, 2.05) is 19.3 Å². The van der Waals surface area contributed by atoms with E-state index in [1.165, 1.54) is 0 Å². The van der Waals surface area contributed by atoms with Crippen LogP contribution in [-0.4, -0.2) is 28.8 Å². The molecule has 0 saturated heterocycles. The minimum Gasteiger partial charge on any atom is -0.382 e. The summed E-state index contributed by atoms with van der Waals surface area (Å²) < 4.78 is 7.39. The van der Waals surface area contributed by atoms with Gasteiger partial charge in [0.2, 0.25) is 0 Å². The summed E-state index contributed by atoms with van der Waals surface area (Å²) in [6, 6.07) is 0.118. The normalized spacial score (nSPS) is 15.0. The van der Waals surface area contributed by atoms with E-state index in [4.69, 9.17) is 10.5 Å². The monoisotopic (exact) mass is 225 g/mol. The maximum Gasteiger partial charge on any atom is 0.110 e. The minimum atomic E-state index is 0.118. The zero-order valence-corrected chi connectivity index (χ0v) is 10.5. The fraction of sp³-hybridized carbons (Fsp3) is 0.750. The Balaban J connectivity index is 2.48. The van der Waals surface area contributed by atoms with E-state index in [9.17, 15) is 0 Å². The van der Waals surface area contributed by atoms with Crippen LogP contribution >= 0.6 is 0 Å². The number of aromatic nitrogens is 2. The van der Waals surface area contributed by atoms with Crippen LogP contribution in [0.25, 0.3) is 0 Å². The first kappa shape index (κ1) is 13.2. The Hall–Kier alpha value is -0.870. The second kappa shape index (κ2) is 6.66. The molecule has 0 radical (unpaired) electrons. The Kier molecular flexibility index (Phi) is 5.49. The number of nitrogens with zero attached hydrogens (tertiary/aromatic N) is 2. The lowest BCUT2D eigenvalue weighted by atomic mass is 10.1. The van der Waals surface area contributed by atoms with Gasteiger partial charge in [-0.3, -0.25) is 0 Å². The quantitative estimate of drug-likeness (QED) is 0.766. The second-order valence-corrected chi connectivity index (χ2v) is 4.28. The second-order valence-electron chi connectivity index (χ2n) is 4.28. The lowest BCUT2D eigenvalue weighted by Crippen LogP contribution is -2.29. The van der Waals surface area contributed by atoms with Crippen molar-refractivity contribution in [3.63, 3.8) is 0 Å². The Morgan fingerprint density at radius 1 is 1.56 bits per heavy atom. The Bertz CT molecular complexity index is 298. The van der Waals surface area contributed by atoms with E-state index in [2.05, 4.69) is 16.5 Å². The van der Waals surface area contributed by atoms with Crippen molar-refractivity contribution in [1.82, 2.24) is 9.55 Å². The summed E-state index contributed by atoms with van der Waals surface area (Å²) >= 11 is 0. The van der Waals surface area contributed by atoms with Gasteiger partial charge in [-0.05, 0) is 19.8 Å². The summed E-state index contributed by atoms with van der Waals surface area (Å²) in [4.78, 5) is 4.35. The predicted octanol–water partition coefficient (Wildman–Crippen LogP) is 1.59. The molecule has 0 bridgehead atoms. The van der Waals surface area contributed by atoms with Crippen LogP contribution in [0.1, 0.15) is 32.5 Å². The van der Waals surface area contributed by atoms with Crippen molar-refractivity contribution in [1.29, 1.82) is 0 Å².